The van der Waals surface area contributed by atoms with Crippen molar-refractivity contribution in [1.29, 1.82) is 0 Å². The maximum atomic E-state index is 12.5. The van der Waals surface area contributed by atoms with E-state index in [-0.39, 0.29) is 6.42 Å². The molecule has 0 aliphatic heterocycles. The maximum Gasteiger partial charge on any atom is 0.349 e. The van der Waals surface area contributed by atoms with Crippen LogP contribution in [-0.4, -0.2) is 81.3 Å². The van der Waals surface area contributed by atoms with Crippen LogP contribution in [0.3, 0.4) is 0 Å². The van der Waals surface area contributed by atoms with Gasteiger partial charge in [0.2, 0.25) is 5.60 Å². The molecule has 0 saturated heterocycles. The Bertz CT molecular complexity index is 840. The summed E-state index contributed by atoms with van der Waals surface area (Å²) >= 11 is 0. The molecule has 42 heavy (non-hydrogen) atoms. The van der Waals surface area contributed by atoms with E-state index in [2.05, 4.69) is 23.8 Å². The molecule has 0 aromatic rings. The Balaban J connectivity index is 4.44. The molecule has 0 amide bonds. The molecule has 3 unspecified atom stereocenters. The summed E-state index contributed by atoms with van der Waals surface area (Å²) in [5.41, 5.74) is -2.84. The Morgan fingerprint density at radius 1 is 0.786 bits per heavy atom. The van der Waals surface area contributed by atoms with Gasteiger partial charge in [-0.3, -0.25) is 14.4 Å². The van der Waals surface area contributed by atoms with E-state index in [1.165, 1.54) is 38.5 Å². The summed E-state index contributed by atoms with van der Waals surface area (Å²) in [5, 5.41) is 36.8. The number of allylic oxidation sites excluding steroid dienone is 2. The fourth-order valence-corrected chi connectivity index (χ4v) is 4.02. The quantitative estimate of drug-likeness (QED) is 0.0480. The minimum Gasteiger partial charge on any atom is -0.481 e. The minimum absolute atomic E-state index is 0.0362. The van der Waals surface area contributed by atoms with Gasteiger partial charge in [-0.05, 0) is 39.0 Å². The van der Waals surface area contributed by atoms with Crippen LogP contribution in [0.2, 0.25) is 0 Å². The average Bonchev–Trinajstić information content (AvgIpc) is 2.93. The van der Waals surface area contributed by atoms with Gasteiger partial charge in [0.15, 0.2) is 6.10 Å². The Morgan fingerprint density at radius 2 is 1.33 bits per heavy atom. The first-order chi connectivity index (χ1) is 20.0. The lowest BCUT2D eigenvalue weighted by atomic mass is 9.95. The molecule has 0 fully saturated rings. The summed E-state index contributed by atoms with van der Waals surface area (Å²) in [6.07, 6.45) is 13.3. The predicted octanol–water partition coefficient (Wildman–Crippen LogP) is 4.08. The van der Waals surface area contributed by atoms with E-state index >= 15 is 0 Å². The molecular weight excluding hydrogens is 552 g/mol. The second kappa shape index (κ2) is 23.6. The van der Waals surface area contributed by atoms with Crippen molar-refractivity contribution in [3.63, 3.8) is 0 Å². The first-order valence-corrected chi connectivity index (χ1v) is 14.9. The van der Waals surface area contributed by atoms with Crippen LogP contribution in [0.5, 0.6) is 0 Å². The van der Waals surface area contributed by atoms with E-state index in [1.54, 1.807) is 0 Å². The summed E-state index contributed by atoms with van der Waals surface area (Å²) in [7, 11) is 0. The summed E-state index contributed by atoms with van der Waals surface area (Å²) in [6.45, 7) is 1.94. The highest BCUT2D eigenvalue weighted by molar-refractivity contribution is 5.92. The third-order valence-electron chi connectivity index (χ3n) is 6.48. The molecule has 0 spiro atoms. The molecule has 4 N–H and O–H groups in total. The molecule has 242 valence electrons. The summed E-state index contributed by atoms with van der Waals surface area (Å²) in [6, 6.07) is 0. The molecule has 0 radical (unpaired) electrons. The van der Waals surface area contributed by atoms with Crippen molar-refractivity contribution in [2.24, 2.45) is 0 Å². The second-order valence-corrected chi connectivity index (χ2v) is 10.5. The lowest BCUT2D eigenvalue weighted by Gasteiger charge is -2.28. The van der Waals surface area contributed by atoms with Gasteiger partial charge in [-0.15, -0.1) is 0 Å². The molecule has 0 aliphatic rings. The number of rotatable bonds is 26. The molecule has 0 saturated carbocycles. The minimum atomic E-state index is -2.84. The largest absolute Gasteiger partial charge is 0.481 e. The molecule has 0 aromatic carbocycles. The monoisotopic (exact) mass is 602 g/mol. The lowest BCUT2D eigenvalue weighted by molar-refractivity contribution is -0.194. The van der Waals surface area contributed by atoms with Crippen molar-refractivity contribution < 1.29 is 58.6 Å². The third kappa shape index (κ3) is 19.2. The van der Waals surface area contributed by atoms with Crippen LogP contribution < -0.4 is 0 Å². The molecule has 12 heteroatoms. The molecule has 0 heterocycles. The first-order valence-electron chi connectivity index (χ1n) is 14.9. The van der Waals surface area contributed by atoms with E-state index in [9.17, 15) is 34.2 Å². The van der Waals surface area contributed by atoms with Gasteiger partial charge >= 0.3 is 29.8 Å². The number of ether oxygens (including phenoxy) is 3. The van der Waals surface area contributed by atoms with Crippen molar-refractivity contribution in [2.45, 2.75) is 134 Å². The number of carboxylic acid groups (broad SMARTS) is 2. The number of hydrogen-bond donors (Lipinski definition) is 4. The molecule has 0 rings (SSSR count). The maximum absolute atomic E-state index is 12.5. The highest BCUT2D eigenvalue weighted by Gasteiger charge is 2.48. The van der Waals surface area contributed by atoms with Crippen molar-refractivity contribution in [2.75, 3.05) is 13.2 Å². The van der Waals surface area contributed by atoms with Crippen LogP contribution in [-0.2, 0) is 38.2 Å². The highest BCUT2D eigenvalue weighted by Crippen LogP contribution is 2.24. The van der Waals surface area contributed by atoms with Crippen molar-refractivity contribution in [3.8, 4) is 0 Å². The first kappa shape index (κ1) is 39.0. The number of carbonyl (C=O) groups is 5. The molecular formula is C30H50O12. The molecule has 12 nitrogen and oxygen atoms in total. The number of carbonyl (C=O) groups excluding carboxylic acids is 3. The van der Waals surface area contributed by atoms with Gasteiger partial charge in [0.05, 0.1) is 19.4 Å². The van der Waals surface area contributed by atoms with Crippen LogP contribution >= 0.6 is 0 Å². The average molecular weight is 603 g/mol. The zero-order valence-electron chi connectivity index (χ0n) is 25.1. The van der Waals surface area contributed by atoms with Gasteiger partial charge in [-0.1, -0.05) is 70.4 Å². The Hall–Kier alpha value is -2.99. The number of hydrogen-bond acceptors (Lipinski definition) is 10. The molecule has 0 bridgehead atoms. The van der Waals surface area contributed by atoms with Crippen LogP contribution in [0.4, 0.5) is 0 Å². The number of aliphatic carboxylic acids is 2. The summed E-state index contributed by atoms with van der Waals surface area (Å²) in [4.78, 5) is 59.9. The fourth-order valence-electron chi connectivity index (χ4n) is 4.02. The van der Waals surface area contributed by atoms with Crippen molar-refractivity contribution in [3.05, 3.63) is 12.2 Å². The van der Waals surface area contributed by atoms with Gasteiger partial charge in [0.1, 0.15) is 12.7 Å². The molecule has 0 aliphatic carbocycles. The van der Waals surface area contributed by atoms with Gasteiger partial charge in [0.25, 0.3) is 0 Å². The number of esters is 3. The Kier molecular flexibility index (Phi) is 21.9. The predicted molar refractivity (Wildman–Crippen MR) is 152 cm³/mol. The number of unbranched alkanes of at least 4 members (excludes halogenated alkanes) is 11. The van der Waals surface area contributed by atoms with E-state index in [1.807, 2.05) is 0 Å². The second-order valence-electron chi connectivity index (χ2n) is 10.5. The standard InChI is InChI=1S/C30H50O12/c1-3-4-5-6-7-8-9-10-11-12-13-14-15-16-17-18-26(35)41-23(2)28(37)42-30(29(38)39,19-25(33)34)20-27(36)40-22-24(32)21-31/h10-11,23-24,31-32H,3-9,12-22H2,1-2H3,(H,33,34)(H,38,39). The van der Waals surface area contributed by atoms with E-state index < -0.39 is 73.7 Å². The van der Waals surface area contributed by atoms with Gasteiger partial charge < -0.3 is 34.6 Å². The number of carboxylic acids is 2. The van der Waals surface area contributed by atoms with Crippen molar-refractivity contribution >= 4 is 29.8 Å². The summed E-state index contributed by atoms with van der Waals surface area (Å²) in [5.74, 6) is -6.94. The molecule has 0 aromatic heterocycles. The Labute approximate surface area is 248 Å². The van der Waals surface area contributed by atoms with Gasteiger partial charge in [0, 0.05) is 6.42 Å². The van der Waals surface area contributed by atoms with Crippen LogP contribution in [0.25, 0.3) is 0 Å². The van der Waals surface area contributed by atoms with E-state index in [0.717, 1.165) is 45.4 Å². The fraction of sp³-hybridized carbons (Fsp3) is 0.767. The van der Waals surface area contributed by atoms with Gasteiger partial charge in [-0.2, -0.15) is 0 Å². The SMILES string of the molecule is CCCCCCCCC=CCCCCCCCC(=O)OC(C)C(=O)OC(CC(=O)O)(CC(=O)OCC(O)CO)C(=O)O. The van der Waals surface area contributed by atoms with E-state index in [4.69, 9.17) is 19.7 Å². The topological polar surface area (TPSA) is 194 Å². The van der Waals surface area contributed by atoms with Crippen molar-refractivity contribution in [1.82, 2.24) is 0 Å². The van der Waals surface area contributed by atoms with Crippen LogP contribution in [0.1, 0.15) is 117 Å². The third-order valence-corrected chi connectivity index (χ3v) is 6.48. The van der Waals surface area contributed by atoms with E-state index in [0.29, 0.717) is 6.42 Å². The van der Waals surface area contributed by atoms with Crippen LogP contribution in [0.15, 0.2) is 12.2 Å². The smallest absolute Gasteiger partial charge is 0.349 e. The number of aliphatic hydroxyl groups is 2. The zero-order chi connectivity index (χ0) is 31.8. The molecule has 3 atom stereocenters. The normalized spacial score (nSPS) is 14.1. The van der Waals surface area contributed by atoms with Gasteiger partial charge in [-0.25, -0.2) is 9.59 Å². The lowest BCUT2D eigenvalue weighted by Crippen LogP contribution is -2.49. The number of aliphatic hydroxyl groups excluding tert-OH is 2. The highest BCUT2D eigenvalue weighted by atomic mass is 16.6. The zero-order valence-corrected chi connectivity index (χ0v) is 25.1. The Morgan fingerprint density at radius 3 is 1.86 bits per heavy atom. The van der Waals surface area contributed by atoms with Crippen LogP contribution in [0, 0.1) is 0 Å². The summed E-state index contributed by atoms with van der Waals surface area (Å²) < 4.78 is 14.5.